The first-order chi connectivity index (χ1) is 8.16. The Hall–Kier alpha value is -0.680. The lowest BCUT2D eigenvalue weighted by molar-refractivity contribution is -0.145. The summed E-state index contributed by atoms with van der Waals surface area (Å²) in [5.41, 5.74) is 0.383. The molecular weight excluding hydrogens is 302 g/mol. The molecule has 0 radical (unpaired) electrons. The van der Waals surface area contributed by atoms with Crippen molar-refractivity contribution >= 4 is 39.3 Å². The van der Waals surface area contributed by atoms with Crippen LogP contribution in [0.3, 0.4) is 0 Å². The first kappa shape index (κ1) is 12.8. The third kappa shape index (κ3) is 2.77. The smallest absolute Gasteiger partial charge is 0.332 e. The molecule has 1 aromatic rings. The second-order valence-corrected chi connectivity index (χ2v) is 6.03. The number of thioether (sulfide) groups is 1. The van der Waals surface area contributed by atoms with E-state index in [0.29, 0.717) is 0 Å². The van der Waals surface area contributed by atoms with Crippen molar-refractivity contribution < 1.29 is 9.53 Å². The second kappa shape index (κ2) is 5.31. The number of methoxy groups -OCH3 is 1. The van der Waals surface area contributed by atoms with Crippen molar-refractivity contribution in [2.24, 2.45) is 0 Å². The number of rotatable bonds is 3. The summed E-state index contributed by atoms with van der Waals surface area (Å²) < 4.78 is 5.93. The molecule has 1 fully saturated rings. The summed E-state index contributed by atoms with van der Waals surface area (Å²) in [6, 6.07) is 7.82. The standard InChI is InChI=1S/C12H14BrNO2S/c1-16-11(15)12(6-7-17-8-12)14-10-4-2-9(13)3-5-10/h2-5,14H,6-8H2,1H3. The normalized spacial score (nSPS) is 23.4. The van der Waals surface area contributed by atoms with Crippen LogP contribution in [0.2, 0.25) is 0 Å². The minimum absolute atomic E-state index is 0.176. The lowest BCUT2D eigenvalue weighted by atomic mass is 9.98. The number of carbonyl (C=O) groups is 1. The molecule has 1 unspecified atom stereocenters. The molecule has 1 atom stereocenters. The van der Waals surface area contributed by atoms with Gasteiger partial charge < -0.3 is 10.1 Å². The van der Waals surface area contributed by atoms with Crippen LogP contribution in [-0.4, -0.2) is 30.1 Å². The topological polar surface area (TPSA) is 38.3 Å². The Morgan fingerprint density at radius 2 is 2.18 bits per heavy atom. The van der Waals surface area contributed by atoms with Crippen LogP contribution in [0.1, 0.15) is 6.42 Å². The molecule has 0 aliphatic carbocycles. The number of esters is 1. The number of benzene rings is 1. The number of ether oxygens (including phenoxy) is 1. The molecule has 92 valence electrons. The van der Waals surface area contributed by atoms with E-state index in [1.807, 2.05) is 24.3 Å². The van der Waals surface area contributed by atoms with Gasteiger partial charge in [0.15, 0.2) is 0 Å². The average molecular weight is 316 g/mol. The van der Waals surface area contributed by atoms with Crippen molar-refractivity contribution in [2.45, 2.75) is 12.0 Å². The van der Waals surface area contributed by atoms with E-state index in [4.69, 9.17) is 4.74 Å². The molecule has 0 aromatic heterocycles. The summed E-state index contributed by atoms with van der Waals surface area (Å²) in [5, 5.41) is 3.32. The van der Waals surface area contributed by atoms with Crippen molar-refractivity contribution in [1.29, 1.82) is 0 Å². The zero-order valence-corrected chi connectivity index (χ0v) is 11.9. The summed E-state index contributed by atoms with van der Waals surface area (Å²) in [4.78, 5) is 11.9. The molecule has 0 spiro atoms. The summed E-state index contributed by atoms with van der Waals surface area (Å²) in [5.74, 6) is 1.57. The van der Waals surface area contributed by atoms with Crippen LogP contribution in [0.25, 0.3) is 0 Å². The van der Waals surface area contributed by atoms with Gasteiger partial charge >= 0.3 is 5.97 Å². The van der Waals surface area contributed by atoms with Crippen LogP contribution in [0, 0.1) is 0 Å². The third-order valence-corrected chi connectivity index (χ3v) is 4.54. The minimum Gasteiger partial charge on any atom is -0.467 e. The van der Waals surface area contributed by atoms with Crippen LogP contribution in [0.4, 0.5) is 5.69 Å². The molecule has 17 heavy (non-hydrogen) atoms. The number of halogens is 1. The van der Waals surface area contributed by atoms with Crippen molar-refractivity contribution in [1.82, 2.24) is 0 Å². The maximum absolute atomic E-state index is 11.9. The molecule has 1 saturated heterocycles. The monoisotopic (exact) mass is 315 g/mol. The van der Waals surface area contributed by atoms with Crippen LogP contribution >= 0.6 is 27.7 Å². The van der Waals surface area contributed by atoms with Crippen LogP contribution in [0.5, 0.6) is 0 Å². The van der Waals surface area contributed by atoms with Crippen molar-refractivity contribution in [3.05, 3.63) is 28.7 Å². The zero-order chi connectivity index (χ0) is 12.3. The molecule has 2 rings (SSSR count). The van der Waals surface area contributed by atoms with Gasteiger partial charge in [0.1, 0.15) is 5.54 Å². The van der Waals surface area contributed by atoms with Gasteiger partial charge in [-0.3, -0.25) is 0 Å². The Labute approximate surface area is 113 Å². The lowest BCUT2D eigenvalue weighted by Crippen LogP contribution is -2.47. The highest BCUT2D eigenvalue weighted by Crippen LogP contribution is 2.32. The quantitative estimate of drug-likeness (QED) is 0.870. The second-order valence-electron chi connectivity index (χ2n) is 4.01. The van der Waals surface area contributed by atoms with E-state index in [1.165, 1.54) is 7.11 Å². The maximum atomic E-state index is 11.9. The molecular formula is C12H14BrNO2S. The fraction of sp³-hybridized carbons (Fsp3) is 0.417. The van der Waals surface area contributed by atoms with E-state index in [1.54, 1.807) is 11.8 Å². The predicted octanol–water partition coefficient (Wildman–Crippen LogP) is 2.91. The molecule has 1 N–H and O–H groups in total. The highest BCUT2D eigenvalue weighted by Gasteiger charge is 2.42. The molecule has 1 aliphatic heterocycles. The minimum atomic E-state index is -0.562. The molecule has 1 aliphatic rings. The highest BCUT2D eigenvalue weighted by molar-refractivity contribution is 9.10. The summed E-state index contributed by atoms with van der Waals surface area (Å²) >= 11 is 5.17. The summed E-state index contributed by atoms with van der Waals surface area (Å²) in [6.07, 6.45) is 0.806. The molecule has 0 bridgehead atoms. The maximum Gasteiger partial charge on any atom is 0.332 e. The predicted molar refractivity (Wildman–Crippen MR) is 74.5 cm³/mol. The van der Waals surface area contributed by atoms with E-state index in [0.717, 1.165) is 28.1 Å². The first-order valence-electron chi connectivity index (χ1n) is 5.36. The Bertz CT molecular complexity index is 401. The van der Waals surface area contributed by atoms with Crippen LogP contribution < -0.4 is 5.32 Å². The summed E-state index contributed by atoms with van der Waals surface area (Å²) in [6.45, 7) is 0. The SMILES string of the molecule is COC(=O)C1(Nc2ccc(Br)cc2)CCSC1. The zero-order valence-electron chi connectivity index (χ0n) is 9.53. The van der Waals surface area contributed by atoms with Crippen molar-refractivity contribution in [3.8, 4) is 0 Å². The van der Waals surface area contributed by atoms with Gasteiger partial charge in [0.2, 0.25) is 0 Å². The molecule has 1 heterocycles. The number of nitrogens with one attached hydrogen (secondary N) is 1. The van der Waals surface area contributed by atoms with Crippen LogP contribution in [0.15, 0.2) is 28.7 Å². The van der Waals surface area contributed by atoms with E-state index in [9.17, 15) is 4.79 Å². The van der Waals surface area contributed by atoms with Gasteiger partial charge in [-0.2, -0.15) is 11.8 Å². The fourth-order valence-corrected chi connectivity index (χ4v) is 3.46. The average Bonchev–Trinajstić information content (AvgIpc) is 2.81. The fourth-order valence-electron chi connectivity index (χ4n) is 1.88. The molecule has 5 heteroatoms. The van der Waals surface area contributed by atoms with Gasteiger partial charge in [-0.05, 0) is 36.4 Å². The largest absolute Gasteiger partial charge is 0.467 e. The van der Waals surface area contributed by atoms with Gasteiger partial charge in [-0.25, -0.2) is 4.79 Å². The molecule has 0 saturated carbocycles. The molecule has 3 nitrogen and oxygen atoms in total. The summed E-state index contributed by atoms with van der Waals surface area (Å²) in [7, 11) is 1.44. The van der Waals surface area contributed by atoms with E-state index < -0.39 is 5.54 Å². The number of anilines is 1. The Morgan fingerprint density at radius 3 is 2.71 bits per heavy atom. The van der Waals surface area contributed by atoms with E-state index >= 15 is 0 Å². The van der Waals surface area contributed by atoms with Crippen molar-refractivity contribution in [2.75, 3.05) is 23.9 Å². The van der Waals surface area contributed by atoms with Gasteiger partial charge in [0, 0.05) is 15.9 Å². The first-order valence-corrected chi connectivity index (χ1v) is 7.31. The lowest BCUT2D eigenvalue weighted by Gasteiger charge is -2.27. The third-order valence-electron chi connectivity index (χ3n) is 2.83. The van der Waals surface area contributed by atoms with Gasteiger partial charge in [0.05, 0.1) is 7.11 Å². The molecule has 1 aromatic carbocycles. The van der Waals surface area contributed by atoms with E-state index in [2.05, 4.69) is 21.2 Å². The Morgan fingerprint density at radius 1 is 1.47 bits per heavy atom. The molecule has 0 amide bonds. The van der Waals surface area contributed by atoms with Crippen LogP contribution in [-0.2, 0) is 9.53 Å². The number of carbonyl (C=O) groups excluding carboxylic acids is 1. The Kier molecular flexibility index (Phi) is 3.99. The van der Waals surface area contributed by atoms with Gasteiger partial charge in [-0.1, -0.05) is 15.9 Å². The van der Waals surface area contributed by atoms with Gasteiger partial charge in [-0.15, -0.1) is 0 Å². The number of hydrogen-bond acceptors (Lipinski definition) is 4. The van der Waals surface area contributed by atoms with Gasteiger partial charge in [0.25, 0.3) is 0 Å². The highest BCUT2D eigenvalue weighted by atomic mass is 79.9. The Balaban J connectivity index is 2.18. The number of hydrogen-bond donors (Lipinski definition) is 1. The van der Waals surface area contributed by atoms with E-state index in [-0.39, 0.29) is 5.97 Å². The van der Waals surface area contributed by atoms with Crippen molar-refractivity contribution in [3.63, 3.8) is 0 Å².